The molecule has 0 aliphatic carbocycles. The first-order chi connectivity index (χ1) is 20.6. The number of amides is 2. The molecule has 10 nitrogen and oxygen atoms in total. The third-order valence-electron chi connectivity index (χ3n) is 6.54. The number of ether oxygens (including phenoxy) is 3. The smallest absolute Gasteiger partial charge is 0.265 e. The van der Waals surface area contributed by atoms with E-state index in [1.165, 1.54) is 56.6 Å². The largest absolute Gasteiger partial charge is 0.495 e. The van der Waals surface area contributed by atoms with Crippen molar-refractivity contribution in [1.29, 1.82) is 0 Å². The van der Waals surface area contributed by atoms with Crippen molar-refractivity contribution in [3.8, 4) is 17.2 Å². The number of sulfonamides is 1. The average molecular weight is 711 g/mol. The number of carbonyl (C=O) groups is 2. The lowest BCUT2D eigenvalue weighted by Crippen LogP contribution is -2.54. The van der Waals surface area contributed by atoms with Crippen molar-refractivity contribution in [2.75, 3.05) is 32.2 Å². The first-order valence-electron chi connectivity index (χ1n) is 13.6. The molecule has 13 heteroatoms. The van der Waals surface area contributed by atoms with E-state index in [9.17, 15) is 18.0 Å². The zero-order valence-electron chi connectivity index (χ0n) is 25.7. The van der Waals surface area contributed by atoms with Crippen LogP contribution in [0.2, 0.25) is 5.02 Å². The molecule has 0 saturated carbocycles. The maximum absolute atomic E-state index is 14.3. The maximum Gasteiger partial charge on any atom is 0.265 e. The molecule has 3 aromatic carbocycles. The zero-order valence-corrected chi connectivity index (χ0v) is 28.8. The van der Waals surface area contributed by atoms with Gasteiger partial charge in [0.15, 0.2) is 11.5 Å². The van der Waals surface area contributed by atoms with E-state index in [0.717, 1.165) is 14.3 Å². The van der Waals surface area contributed by atoms with Gasteiger partial charge in [-0.15, -0.1) is 0 Å². The van der Waals surface area contributed by atoms with E-state index in [4.69, 9.17) is 25.8 Å². The summed E-state index contributed by atoms with van der Waals surface area (Å²) in [4.78, 5) is 28.7. The molecule has 0 fully saturated rings. The van der Waals surface area contributed by atoms with Gasteiger partial charge in [0.1, 0.15) is 18.3 Å². The van der Waals surface area contributed by atoms with E-state index in [0.29, 0.717) is 5.75 Å². The molecule has 44 heavy (non-hydrogen) atoms. The third kappa shape index (κ3) is 8.58. The van der Waals surface area contributed by atoms with E-state index in [2.05, 4.69) is 21.2 Å². The fourth-order valence-corrected chi connectivity index (χ4v) is 6.41. The van der Waals surface area contributed by atoms with Gasteiger partial charge in [-0.2, -0.15) is 0 Å². The van der Waals surface area contributed by atoms with Crippen LogP contribution in [0.1, 0.15) is 33.3 Å². The molecule has 3 rings (SSSR count). The number of nitrogens with one attached hydrogen (secondary N) is 1. The van der Waals surface area contributed by atoms with Gasteiger partial charge in [0, 0.05) is 27.6 Å². The molecule has 0 unspecified atom stereocenters. The summed E-state index contributed by atoms with van der Waals surface area (Å²) in [5.74, 6) is -0.346. The van der Waals surface area contributed by atoms with Crippen LogP contribution in [-0.2, 0) is 26.2 Å². The molecular weight excluding hydrogens is 674 g/mol. The molecule has 0 heterocycles. The van der Waals surface area contributed by atoms with E-state index in [1.54, 1.807) is 13.0 Å². The normalized spacial score (nSPS) is 12.2. The SMILES string of the molecule is COc1ccc(S(=O)(=O)N(CC(=O)N(Cc2cccc(Br)c2)[C@H](C)C(=O)NC(C)(C)C)c2cc(Cl)ccc2OC)cc1OC. The van der Waals surface area contributed by atoms with Gasteiger partial charge in [-0.1, -0.05) is 39.7 Å². The van der Waals surface area contributed by atoms with Gasteiger partial charge >= 0.3 is 0 Å². The summed E-state index contributed by atoms with van der Waals surface area (Å²) in [7, 11) is -0.234. The fourth-order valence-electron chi connectivity index (χ4n) is 4.36. The summed E-state index contributed by atoms with van der Waals surface area (Å²) in [5, 5.41) is 3.13. The topological polar surface area (TPSA) is 114 Å². The third-order valence-corrected chi connectivity index (χ3v) is 9.02. The van der Waals surface area contributed by atoms with Crippen molar-refractivity contribution in [3.05, 3.63) is 75.7 Å². The minimum atomic E-state index is -4.44. The Labute approximate surface area is 272 Å². The first-order valence-corrected chi connectivity index (χ1v) is 16.2. The lowest BCUT2D eigenvalue weighted by Gasteiger charge is -2.34. The predicted molar refractivity (Wildman–Crippen MR) is 174 cm³/mol. The zero-order chi connectivity index (χ0) is 32.8. The molecule has 0 bridgehead atoms. The number of rotatable bonds is 12. The molecule has 1 atom stereocenters. The van der Waals surface area contributed by atoms with Crippen molar-refractivity contribution >= 4 is 55.1 Å². The van der Waals surface area contributed by atoms with Crippen molar-refractivity contribution in [3.63, 3.8) is 0 Å². The van der Waals surface area contributed by atoms with Crippen LogP contribution in [0.5, 0.6) is 17.2 Å². The number of halogens is 2. The molecule has 2 amide bonds. The molecule has 3 aromatic rings. The quantitative estimate of drug-likeness (QED) is 0.258. The highest BCUT2D eigenvalue weighted by molar-refractivity contribution is 9.10. The summed E-state index contributed by atoms with van der Waals surface area (Å²) in [6, 6.07) is 14.9. The first kappa shape index (κ1) is 35.0. The van der Waals surface area contributed by atoms with Crippen molar-refractivity contribution in [1.82, 2.24) is 10.2 Å². The standard InChI is InChI=1S/C31H37BrClN3O7S/c1-20(30(38)34-31(2,3)4)35(18-21-9-8-10-22(32)15-21)29(37)19-36(25-16-23(33)11-13-26(25)41-5)44(39,40)24-12-14-27(42-6)28(17-24)43-7/h8-17,20H,18-19H2,1-7H3,(H,34,38)/t20-/m1/s1. The second-order valence-corrected chi connectivity index (χ2v) is 14.1. The van der Waals surface area contributed by atoms with E-state index >= 15 is 0 Å². The van der Waals surface area contributed by atoms with Crippen LogP contribution in [0.15, 0.2) is 70.0 Å². The van der Waals surface area contributed by atoms with Crippen LogP contribution in [0.4, 0.5) is 5.69 Å². The summed E-state index contributed by atoms with van der Waals surface area (Å²) in [5.41, 5.74) is 0.211. The van der Waals surface area contributed by atoms with Crippen molar-refractivity contribution < 1.29 is 32.2 Å². The van der Waals surface area contributed by atoms with Crippen LogP contribution in [0, 0.1) is 0 Å². The second-order valence-electron chi connectivity index (χ2n) is 10.9. The number of carbonyl (C=O) groups excluding carboxylic acids is 2. The monoisotopic (exact) mass is 709 g/mol. The van der Waals surface area contributed by atoms with Gasteiger partial charge in [-0.3, -0.25) is 13.9 Å². The lowest BCUT2D eigenvalue weighted by molar-refractivity contribution is -0.140. The number of methoxy groups -OCH3 is 3. The molecule has 0 radical (unpaired) electrons. The summed E-state index contributed by atoms with van der Waals surface area (Å²) >= 11 is 9.76. The lowest BCUT2D eigenvalue weighted by atomic mass is 10.1. The number of benzene rings is 3. The van der Waals surface area contributed by atoms with Crippen LogP contribution < -0.4 is 23.8 Å². The minimum Gasteiger partial charge on any atom is -0.495 e. The van der Waals surface area contributed by atoms with Gasteiger partial charge in [-0.25, -0.2) is 8.42 Å². The van der Waals surface area contributed by atoms with E-state index < -0.39 is 40.0 Å². The highest BCUT2D eigenvalue weighted by atomic mass is 79.9. The Morgan fingerprint density at radius 3 is 2.16 bits per heavy atom. The highest BCUT2D eigenvalue weighted by Gasteiger charge is 2.35. The average Bonchev–Trinajstić information content (AvgIpc) is 2.96. The predicted octanol–water partition coefficient (Wildman–Crippen LogP) is 5.66. The summed E-state index contributed by atoms with van der Waals surface area (Å²) < 4.78 is 46.4. The molecule has 238 valence electrons. The Morgan fingerprint density at radius 1 is 0.932 bits per heavy atom. The van der Waals surface area contributed by atoms with Crippen molar-refractivity contribution in [2.45, 2.75) is 50.7 Å². The van der Waals surface area contributed by atoms with E-state index in [-0.39, 0.29) is 33.6 Å². The number of anilines is 1. The van der Waals surface area contributed by atoms with Crippen LogP contribution in [0.3, 0.4) is 0 Å². The Morgan fingerprint density at radius 2 is 1.57 bits per heavy atom. The number of hydrogen-bond donors (Lipinski definition) is 1. The Balaban J connectivity index is 2.16. The molecule has 0 spiro atoms. The summed E-state index contributed by atoms with van der Waals surface area (Å²) in [6.07, 6.45) is 0. The minimum absolute atomic E-state index is 0.0356. The Kier molecular flexibility index (Phi) is 11.6. The molecular formula is C31H37BrClN3O7S. The molecule has 0 saturated heterocycles. The van der Waals surface area contributed by atoms with Crippen LogP contribution in [-0.4, -0.2) is 64.6 Å². The fraction of sp³-hybridized carbons (Fsp3) is 0.355. The number of hydrogen-bond acceptors (Lipinski definition) is 7. The molecule has 0 aliphatic rings. The number of nitrogens with zero attached hydrogens (tertiary/aromatic N) is 2. The van der Waals surface area contributed by atoms with Crippen molar-refractivity contribution in [2.24, 2.45) is 0 Å². The second kappa shape index (κ2) is 14.5. The Hall–Kier alpha value is -3.48. The highest BCUT2D eigenvalue weighted by Crippen LogP contribution is 2.37. The van der Waals surface area contributed by atoms with E-state index in [1.807, 2.05) is 45.0 Å². The molecule has 0 aromatic heterocycles. The molecule has 1 N–H and O–H groups in total. The van der Waals surface area contributed by atoms with Crippen LogP contribution in [0.25, 0.3) is 0 Å². The molecule has 0 aliphatic heterocycles. The van der Waals surface area contributed by atoms with Crippen LogP contribution >= 0.6 is 27.5 Å². The van der Waals surface area contributed by atoms with Gasteiger partial charge < -0.3 is 24.4 Å². The maximum atomic E-state index is 14.3. The van der Waals surface area contributed by atoms with Gasteiger partial charge in [0.05, 0.1) is 31.9 Å². The van der Waals surface area contributed by atoms with Gasteiger partial charge in [0.2, 0.25) is 11.8 Å². The van der Waals surface area contributed by atoms with Gasteiger partial charge in [0.25, 0.3) is 10.0 Å². The Bertz CT molecular complexity index is 1610. The summed E-state index contributed by atoms with van der Waals surface area (Å²) in [6.45, 7) is 6.47. The van der Waals surface area contributed by atoms with Gasteiger partial charge in [-0.05, 0) is 75.7 Å².